The topological polar surface area (TPSA) is 74.1 Å². The van der Waals surface area contributed by atoms with E-state index in [1.807, 2.05) is 0 Å². The molecule has 0 fully saturated rings. The van der Waals surface area contributed by atoms with Gasteiger partial charge in [0.15, 0.2) is 11.7 Å². The Labute approximate surface area is 118 Å². The maximum Gasteiger partial charge on any atom is 0.253 e. The number of ketones is 1. The largest absolute Gasteiger partial charge is 0.295 e. The van der Waals surface area contributed by atoms with Crippen LogP contribution in [0.3, 0.4) is 0 Å². The maximum absolute atomic E-state index is 12.3. The monoisotopic (exact) mass is 271 g/mol. The lowest BCUT2D eigenvalue weighted by atomic mass is 9.89. The molecule has 1 aliphatic heterocycles. The number of nitrogens with zero attached hydrogens (tertiary/aromatic N) is 3. The molecule has 0 radical (unpaired) electrons. The second-order valence-corrected chi connectivity index (χ2v) is 6.10. The zero-order valence-electron chi connectivity index (χ0n) is 11.9. The third kappa shape index (κ3) is 2.55. The lowest BCUT2D eigenvalue weighted by Crippen LogP contribution is -2.45. The molecular weight excluding hydrogens is 254 g/mol. The molecule has 1 aliphatic rings. The van der Waals surface area contributed by atoms with E-state index in [-0.39, 0.29) is 5.41 Å². The average molecular weight is 271 g/mol. The summed E-state index contributed by atoms with van der Waals surface area (Å²) in [4.78, 5) is 30.0. The molecule has 0 aromatic carbocycles. The van der Waals surface area contributed by atoms with Crippen molar-refractivity contribution in [1.29, 1.82) is 5.26 Å². The van der Waals surface area contributed by atoms with Crippen molar-refractivity contribution >= 4 is 17.5 Å². The highest BCUT2D eigenvalue weighted by molar-refractivity contribution is 6.22. The van der Waals surface area contributed by atoms with Gasteiger partial charge < -0.3 is 0 Å². The van der Waals surface area contributed by atoms with Gasteiger partial charge in [0.1, 0.15) is 5.82 Å². The van der Waals surface area contributed by atoms with Crippen LogP contribution in [0.4, 0.5) is 5.82 Å². The lowest BCUT2D eigenvalue weighted by Gasteiger charge is -2.31. The Bertz CT molecular complexity index is 596. The quantitative estimate of drug-likeness (QED) is 0.773. The van der Waals surface area contributed by atoms with Crippen LogP contribution in [-0.4, -0.2) is 23.2 Å². The van der Waals surface area contributed by atoms with E-state index in [0.717, 1.165) is 6.42 Å². The summed E-state index contributed by atoms with van der Waals surface area (Å²) in [6, 6.07) is 5.06. The van der Waals surface area contributed by atoms with E-state index in [0.29, 0.717) is 17.9 Å². The summed E-state index contributed by atoms with van der Waals surface area (Å²) >= 11 is 0. The number of anilines is 1. The Kier molecular flexibility index (Phi) is 3.58. The van der Waals surface area contributed by atoms with Gasteiger partial charge in [0.05, 0.1) is 11.6 Å². The van der Waals surface area contributed by atoms with Crippen molar-refractivity contribution in [3.63, 3.8) is 0 Å². The number of nitriles is 1. The van der Waals surface area contributed by atoms with Crippen LogP contribution in [0.1, 0.15) is 37.6 Å². The van der Waals surface area contributed by atoms with E-state index in [9.17, 15) is 9.59 Å². The van der Waals surface area contributed by atoms with Gasteiger partial charge >= 0.3 is 0 Å². The second kappa shape index (κ2) is 5.04. The molecule has 0 N–H and O–H groups in total. The second-order valence-electron chi connectivity index (χ2n) is 6.10. The fraction of sp³-hybridized carbons (Fsp3) is 0.467. The first-order chi connectivity index (χ1) is 9.35. The summed E-state index contributed by atoms with van der Waals surface area (Å²) < 4.78 is 0. The molecule has 104 valence electrons. The molecule has 2 heterocycles. The fourth-order valence-electron chi connectivity index (χ4n) is 2.11. The first kappa shape index (κ1) is 14.2. The maximum atomic E-state index is 12.3. The van der Waals surface area contributed by atoms with E-state index < -0.39 is 17.6 Å². The van der Waals surface area contributed by atoms with E-state index in [2.05, 4.69) is 25.8 Å². The molecule has 0 spiro atoms. The number of carbonyl (C=O) groups is 2. The van der Waals surface area contributed by atoms with E-state index in [1.165, 1.54) is 4.90 Å². The van der Waals surface area contributed by atoms with Crippen molar-refractivity contribution in [3.05, 3.63) is 23.9 Å². The highest BCUT2D eigenvalue weighted by Crippen LogP contribution is 2.30. The van der Waals surface area contributed by atoms with Crippen molar-refractivity contribution < 1.29 is 9.59 Å². The summed E-state index contributed by atoms with van der Waals surface area (Å²) in [5.41, 5.74) is 0.409. The molecule has 5 heteroatoms. The lowest BCUT2D eigenvalue weighted by molar-refractivity contribution is -0.120. The molecule has 1 aromatic heterocycles. The number of fused-ring (bicyclic) bond motifs is 1. The molecule has 20 heavy (non-hydrogen) atoms. The minimum absolute atomic E-state index is 0.0544. The smallest absolute Gasteiger partial charge is 0.253 e. The number of aromatic nitrogens is 1. The van der Waals surface area contributed by atoms with Crippen molar-refractivity contribution in [2.45, 2.75) is 27.2 Å². The van der Waals surface area contributed by atoms with Crippen LogP contribution in [-0.2, 0) is 4.79 Å². The molecule has 1 atom stereocenters. The van der Waals surface area contributed by atoms with Gasteiger partial charge in [-0.25, -0.2) is 4.98 Å². The highest BCUT2D eigenvalue weighted by Gasteiger charge is 2.40. The zero-order valence-corrected chi connectivity index (χ0v) is 11.9. The Morgan fingerprint density at radius 1 is 1.40 bits per heavy atom. The molecule has 1 amide bonds. The fourth-order valence-corrected chi connectivity index (χ4v) is 2.11. The van der Waals surface area contributed by atoms with Gasteiger partial charge in [-0.2, -0.15) is 5.26 Å². The van der Waals surface area contributed by atoms with E-state index >= 15 is 0 Å². The van der Waals surface area contributed by atoms with Crippen LogP contribution >= 0.6 is 0 Å². The van der Waals surface area contributed by atoms with Crippen LogP contribution in [0.5, 0.6) is 0 Å². The molecule has 0 bridgehead atoms. The number of rotatable bonds is 2. The van der Waals surface area contributed by atoms with Crippen molar-refractivity contribution in [1.82, 2.24) is 4.98 Å². The number of Topliss-reactive ketones (excluding diaryl/α,β-unsaturated/α-hetero) is 1. The van der Waals surface area contributed by atoms with Crippen LogP contribution in [0.2, 0.25) is 0 Å². The number of hydrogen-bond acceptors (Lipinski definition) is 4. The summed E-state index contributed by atoms with van der Waals surface area (Å²) in [5, 5.41) is 9.06. The van der Waals surface area contributed by atoms with Crippen molar-refractivity contribution in [3.8, 4) is 6.07 Å². The van der Waals surface area contributed by atoms with Crippen molar-refractivity contribution in [2.24, 2.45) is 11.3 Å². The van der Waals surface area contributed by atoms with Crippen LogP contribution in [0, 0.1) is 22.7 Å². The molecule has 0 saturated heterocycles. The Hall–Kier alpha value is -2.22. The summed E-state index contributed by atoms with van der Waals surface area (Å²) in [7, 11) is 0. The number of pyridine rings is 1. The van der Waals surface area contributed by atoms with Gasteiger partial charge in [0, 0.05) is 12.7 Å². The summed E-state index contributed by atoms with van der Waals surface area (Å²) in [6.45, 7) is 6.69. The van der Waals surface area contributed by atoms with Crippen molar-refractivity contribution in [2.75, 3.05) is 11.4 Å². The zero-order chi connectivity index (χ0) is 14.9. The van der Waals surface area contributed by atoms with E-state index in [1.54, 1.807) is 24.4 Å². The molecule has 5 nitrogen and oxygen atoms in total. The predicted octanol–water partition coefficient (Wildman–Crippen LogP) is 2.19. The summed E-state index contributed by atoms with van der Waals surface area (Å²) in [6.07, 6.45) is 2.32. The Morgan fingerprint density at radius 2 is 2.10 bits per heavy atom. The minimum atomic E-state index is -1.24. The molecule has 1 aromatic rings. The van der Waals surface area contributed by atoms with Gasteiger partial charge in [-0.15, -0.1) is 0 Å². The third-order valence-corrected chi connectivity index (χ3v) is 3.30. The van der Waals surface area contributed by atoms with Crippen LogP contribution in [0.15, 0.2) is 18.3 Å². The van der Waals surface area contributed by atoms with Gasteiger partial charge in [0.25, 0.3) is 5.91 Å². The van der Waals surface area contributed by atoms with Gasteiger partial charge in [-0.3, -0.25) is 14.5 Å². The molecule has 0 saturated carbocycles. The average Bonchev–Trinajstić information content (AvgIpc) is 2.38. The van der Waals surface area contributed by atoms with Gasteiger partial charge in [-0.05, 0) is 24.0 Å². The Balaban J connectivity index is 2.40. The van der Waals surface area contributed by atoms with Gasteiger partial charge in [0.2, 0.25) is 0 Å². The van der Waals surface area contributed by atoms with Gasteiger partial charge in [-0.1, -0.05) is 20.8 Å². The van der Waals surface area contributed by atoms with Crippen LogP contribution < -0.4 is 4.90 Å². The first-order valence-electron chi connectivity index (χ1n) is 6.55. The predicted molar refractivity (Wildman–Crippen MR) is 74.1 cm³/mol. The summed E-state index contributed by atoms with van der Waals surface area (Å²) in [5.74, 6) is -1.79. The number of hydrogen-bond donors (Lipinski definition) is 0. The van der Waals surface area contributed by atoms with E-state index in [4.69, 9.17) is 5.26 Å². The molecule has 1 unspecified atom stereocenters. The molecular formula is C15H17N3O2. The molecule has 2 rings (SSSR count). The number of amides is 1. The standard InChI is InChI=1S/C15H17N3O2/c1-15(2,3)6-8-18-13-10(5-4-7-17-13)12(19)11(9-16)14(18)20/h4-5,7,11H,6,8H2,1-3H3. The minimum Gasteiger partial charge on any atom is -0.295 e. The Morgan fingerprint density at radius 3 is 2.70 bits per heavy atom. The van der Waals surface area contributed by atoms with Crippen LogP contribution in [0.25, 0.3) is 0 Å². The molecule has 0 aliphatic carbocycles. The normalized spacial score (nSPS) is 18.7. The highest BCUT2D eigenvalue weighted by atomic mass is 16.2. The number of carbonyl (C=O) groups excluding carboxylic acids is 2. The third-order valence-electron chi connectivity index (χ3n) is 3.30. The SMILES string of the molecule is CC(C)(C)CCN1C(=O)C(C#N)C(=O)c2cccnc21. The first-order valence-corrected chi connectivity index (χ1v) is 6.55.